The van der Waals surface area contributed by atoms with Gasteiger partial charge in [0, 0.05) is 19.2 Å². The molecule has 0 heterocycles. The second-order valence-electron chi connectivity index (χ2n) is 10.0. The largest absolute Gasteiger partial charge is 0.497 e. The summed E-state index contributed by atoms with van der Waals surface area (Å²) in [5.74, 6) is 0.841. The average molecular weight is 642 g/mol. The zero-order valence-electron chi connectivity index (χ0n) is 26.7. The molecule has 244 valence electrons. The highest BCUT2D eigenvalue weighted by atomic mass is 32.2. The zero-order chi connectivity index (χ0) is 33.0. The van der Waals surface area contributed by atoms with E-state index in [0.717, 1.165) is 16.3 Å². The lowest BCUT2D eigenvalue weighted by molar-refractivity contribution is -0.140. The third kappa shape index (κ3) is 8.81. The van der Waals surface area contributed by atoms with Crippen molar-refractivity contribution < 1.29 is 37.0 Å². The maximum absolute atomic E-state index is 14.3. The molecule has 0 aliphatic carbocycles. The second kappa shape index (κ2) is 16.6. The molecule has 0 spiro atoms. The molecule has 0 aromatic heterocycles. The Balaban J connectivity index is 2.11. The molecule has 0 bridgehead atoms. The molecule has 11 nitrogen and oxygen atoms in total. The lowest BCUT2D eigenvalue weighted by Gasteiger charge is -2.33. The molecule has 0 aliphatic rings. The van der Waals surface area contributed by atoms with Crippen molar-refractivity contribution in [1.82, 2.24) is 10.2 Å². The summed E-state index contributed by atoms with van der Waals surface area (Å²) in [4.78, 5) is 28.9. The number of rotatable bonds is 17. The highest BCUT2D eigenvalue weighted by Gasteiger charge is 2.34. The van der Waals surface area contributed by atoms with Crippen LogP contribution in [0.4, 0.5) is 5.69 Å². The first-order valence-corrected chi connectivity index (χ1v) is 16.2. The molecule has 0 radical (unpaired) electrons. The maximum Gasteiger partial charge on any atom is 0.264 e. The number of anilines is 1. The molecular weight excluding hydrogens is 598 g/mol. The van der Waals surface area contributed by atoms with E-state index in [9.17, 15) is 18.0 Å². The van der Waals surface area contributed by atoms with Crippen LogP contribution < -0.4 is 28.6 Å². The fraction of sp³-hybridized carbons (Fsp3) is 0.394. The summed E-state index contributed by atoms with van der Waals surface area (Å²) in [6.45, 7) is 5.96. The van der Waals surface area contributed by atoms with Crippen LogP contribution in [0.25, 0.3) is 0 Å². The molecule has 2 amide bonds. The number of ether oxygens (including phenoxy) is 4. The summed E-state index contributed by atoms with van der Waals surface area (Å²) in [5, 5.41) is 2.88. The van der Waals surface area contributed by atoms with Crippen molar-refractivity contribution in [1.29, 1.82) is 0 Å². The Labute approximate surface area is 266 Å². The van der Waals surface area contributed by atoms with E-state index in [1.807, 2.05) is 26.8 Å². The van der Waals surface area contributed by atoms with Crippen LogP contribution in [0.3, 0.4) is 0 Å². The number of methoxy groups -OCH3 is 3. The van der Waals surface area contributed by atoms with Gasteiger partial charge >= 0.3 is 0 Å². The Morgan fingerprint density at radius 2 is 1.56 bits per heavy atom. The summed E-state index contributed by atoms with van der Waals surface area (Å²) < 4.78 is 51.1. The number of benzene rings is 3. The molecule has 0 fully saturated rings. The summed E-state index contributed by atoms with van der Waals surface area (Å²) >= 11 is 0. The van der Waals surface area contributed by atoms with E-state index >= 15 is 0 Å². The quantitative estimate of drug-likeness (QED) is 0.226. The van der Waals surface area contributed by atoms with Crippen molar-refractivity contribution in [3.63, 3.8) is 0 Å². The molecular formula is C33H43N3O8S. The maximum atomic E-state index is 14.3. The van der Waals surface area contributed by atoms with Gasteiger partial charge in [0.25, 0.3) is 10.0 Å². The minimum atomic E-state index is -4.33. The van der Waals surface area contributed by atoms with Gasteiger partial charge in [-0.15, -0.1) is 0 Å². The van der Waals surface area contributed by atoms with Crippen molar-refractivity contribution in [3.8, 4) is 23.0 Å². The fourth-order valence-corrected chi connectivity index (χ4v) is 6.19. The zero-order valence-corrected chi connectivity index (χ0v) is 27.6. The Morgan fingerprint density at radius 3 is 2.16 bits per heavy atom. The van der Waals surface area contributed by atoms with Crippen molar-refractivity contribution in [2.24, 2.45) is 0 Å². The van der Waals surface area contributed by atoms with Gasteiger partial charge in [-0.05, 0) is 73.9 Å². The van der Waals surface area contributed by atoms with E-state index in [1.54, 1.807) is 49.6 Å². The van der Waals surface area contributed by atoms with Gasteiger partial charge in [0.2, 0.25) is 11.8 Å². The molecule has 1 atom stereocenters. The van der Waals surface area contributed by atoms with E-state index in [2.05, 4.69) is 5.32 Å². The van der Waals surface area contributed by atoms with E-state index in [0.29, 0.717) is 36.8 Å². The topological polar surface area (TPSA) is 124 Å². The van der Waals surface area contributed by atoms with Gasteiger partial charge < -0.3 is 29.2 Å². The van der Waals surface area contributed by atoms with Gasteiger partial charge in [-0.3, -0.25) is 13.9 Å². The average Bonchev–Trinajstić information content (AvgIpc) is 3.06. The van der Waals surface area contributed by atoms with Gasteiger partial charge in [0.1, 0.15) is 24.1 Å². The fourth-order valence-electron chi connectivity index (χ4n) is 4.76. The molecule has 3 rings (SSSR count). The number of nitrogens with one attached hydrogen (secondary N) is 1. The van der Waals surface area contributed by atoms with Crippen LogP contribution in [-0.2, 0) is 26.2 Å². The number of amides is 2. The predicted molar refractivity (Wildman–Crippen MR) is 173 cm³/mol. The molecule has 0 unspecified atom stereocenters. The Hall–Kier alpha value is -4.45. The SMILES string of the molecule is CCCNC(=O)[C@H](CC)N(Cc1cccc(OC)c1)C(=O)CN(c1ccc(OCC)cc1)S(=O)(=O)c1ccc(OC)c(OC)c1. The van der Waals surface area contributed by atoms with Crippen LogP contribution in [0.1, 0.15) is 39.2 Å². The molecule has 0 aliphatic heterocycles. The lowest BCUT2D eigenvalue weighted by atomic mass is 10.1. The molecule has 3 aromatic carbocycles. The normalized spacial score (nSPS) is 11.7. The number of carbonyl (C=O) groups excluding carboxylic acids is 2. The summed E-state index contributed by atoms with van der Waals surface area (Å²) in [6.07, 6.45) is 1.04. The predicted octanol–water partition coefficient (Wildman–Crippen LogP) is 4.64. The first-order valence-electron chi connectivity index (χ1n) is 14.8. The molecule has 12 heteroatoms. The number of hydrogen-bond donors (Lipinski definition) is 1. The van der Waals surface area contributed by atoms with Crippen LogP contribution in [0, 0.1) is 0 Å². The summed E-state index contributed by atoms with van der Waals surface area (Å²) in [5.41, 5.74) is 0.964. The van der Waals surface area contributed by atoms with Crippen LogP contribution in [-0.4, -0.2) is 72.2 Å². The van der Waals surface area contributed by atoms with Crippen molar-refractivity contribution in [2.75, 3.05) is 45.3 Å². The van der Waals surface area contributed by atoms with E-state index in [-0.39, 0.29) is 28.8 Å². The van der Waals surface area contributed by atoms with Gasteiger partial charge in [-0.1, -0.05) is 26.0 Å². The first-order chi connectivity index (χ1) is 21.6. The van der Waals surface area contributed by atoms with Crippen molar-refractivity contribution in [3.05, 3.63) is 72.3 Å². The molecule has 0 saturated heterocycles. The molecule has 3 aromatic rings. The van der Waals surface area contributed by atoms with Crippen LogP contribution in [0.5, 0.6) is 23.0 Å². The Kier molecular flexibility index (Phi) is 12.9. The van der Waals surface area contributed by atoms with Crippen LogP contribution in [0.15, 0.2) is 71.6 Å². The van der Waals surface area contributed by atoms with Crippen LogP contribution >= 0.6 is 0 Å². The molecule has 45 heavy (non-hydrogen) atoms. The van der Waals surface area contributed by atoms with Crippen LogP contribution in [0.2, 0.25) is 0 Å². The number of sulfonamides is 1. The molecule has 0 saturated carbocycles. The first kappa shape index (κ1) is 35.0. The monoisotopic (exact) mass is 641 g/mol. The third-order valence-corrected chi connectivity index (χ3v) is 8.85. The van der Waals surface area contributed by atoms with Gasteiger partial charge in [0.15, 0.2) is 11.5 Å². The summed E-state index contributed by atoms with van der Waals surface area (Å²) in [6, 6.07) is 17.0. The molecule has 1 N–H and O–H groups in total. The standard InChI is InChI=1S/C33H43N3O8S/c1-7-19-34-33(38)29(8-2)35(22-24-11-10-12-27(20-24)41-4)32(37)23-36(25-13-15-26(16-14-25)44-9-3)45(39,40)28-17-18-30(42-5)31(21-28)43-6/h10-18,20-21,29H,7-9,19,22-23H2,1-6H3,(H,34,38)/t29-/m0/s1. The van der Waals surface area contributed by atoms with Crippen molar-refractivity contribution in [2.45, 2.75) is 51.1 Å². The van der Waals surface area contributed by atoms with Gasteiger partial charge in [-0.25, -0.2) is 8.42 Å². The summed E-state index contributed by atoms with van der Waals surface area (Å²) in [7, 11) is 0.0802. The minimum Gasteiger partial charge on any atom is -0.497 e. The second-order valence-corrected chi connectivity index (χ2v) is 11.9. The number of carbonyl (C=O) groups is 2. The smallest absolute Gasteiger partial charge is 0.264 e. The Bertz CT molecular complexity index is 1530. The minimum absolute atomic E-state index is 0.0572. The van der Waals surface area contributed by atoms with E-state index in [4.69, 9.17) is 18.9 Å². The van der Waals surface area contributed by atoms with E-state index in [1.165, 1.54) is 37.3 Å². The van der Waals surface area contributed by atoms with E-state index < -0.39 is 28.5 Å². The van der Waals surface area contributed by atoms with Gasteiger partial charge in [0.05, 0.1) is 38.5 Å². The van der Waals surface area contributed by atoms with Gasteiger partial charge in [-0.2, -0.15) is 0 Å². The highest BCUT2D eigenvalue weighted by Crippen LogP contribution is 2.33. The highest BCUT2D eigenvalue weighted by molar-refractivity contribution is 7.92. The lowest BCUT2D eigenvalue weighted by Crippen LogP contribution is -2.52. The number of hydrogen-bond acceptors (Lipinski definition) is 8. The number of nitrogens with zero attached hydrogens (tertiary/aromatic N) is 2. The van der Waals surface area contributed by atoms with Crippen molar-refractivity contribution >= 4 is 27.5 Å². The third-order valence-electron chi connectivity index (χ3n) is 7.08. The Morgan fingerprint density at radius 1 is 0.844 bits per heavy atom.